The first kappa shape index (κ1) is 8.02. The summed E-state index contributed by atoms with van der Waals surface area (Å²) in [6, 6.07) is 0. The summed E-state index contributed by atoms with van der Waals surface area (Å²) in [7, 11) is 1.03. The highest BCUT2D eigenvalue weighted by Crippen LogP contribution is 2.27. The van der Waals surface area contributed by atoms with Crippen molar-refractivity contribution in [2.75, 3.05) is 6.61 Å². The third-order valence-electron chi connectivity index (χ3n) is 2.30. The molecular formula is C8H15OSi. The topological polar surface area (TPSA) is 9.23 Å². The minimum atomic E-state index is 0.0122. The molecule has 1 radical (unpaired) electrons. The average molecular weight is 155 g/mol. The molecule has 0 aromatic heterocycles. The summed E-state index contributed by atoms with van der Waals surface area (Å²) in [6.07, 6.45) is 3.62. The van der Waals surface area contributed by atoms with Gasteiger partial charge in [0.05, 0.1) is 5.22 Å². The van der Waals surface area contributed by atoms with E-state index in [1.54, 1.807) is 0 Å². The zero-order valence-corrected chi connectivity index (χ0v) is 8.81. The first-order valence-corrected chi connectivity index (χ1v) is 4.89. The Morgan fingerprint density at radius 3 is 2.60 bits per heavy atom. The van der Waals surface area contributed by atoms with Crippen molar-refractivity contribution in [2.45, 2.75) is 31.4 Å². The van der Waals surface area contributed by atoms with E-state index >= 15 is 0 Å². The van der Waals surface area contributed by atoms with Gasteiger partial charge in [0.25, 0.3) is 0 Å². The van der Waals surface area contributed by atoms with Gasteiger partial charge in [-0.2, -0.15) is 0 Å². The first-order chi connectivity index (χ1) is 4.65. The molecule has 1 rings (SSSR count). The Morgan fingerprint density at radius 1 is 1.60 bits per heavy atom. The van der Waals surface area contributed by atoms with Gasteiger partial charge >= 0.3 is 0 Å². The van der Waals surface area contributed by atoms with Crippen molar-refractivity contribution in [2.24, 2.45) is 0 Å². The van der Waals surface area contributed by atoms with E-state index < -0.39 is 0 Å². The molecule has 1 aliphatic heterocycles. The van der Waals surface area contributed by atoms with Crippen molar-refractivity contribution in [3.63, 3.8) is 0 Å². The molecule has 1 heterocycles. The Morgan fingerprint density at radius 2 is 2.30 bits per heavy atom. The Balaban J connectivity index is 2.56. The van der Waals surface area contributed by atoms with Crippen molar-refractivity contribution in [3.8, 4) is 0 Å². The molecule has 1 nitrogen and oxygen atoms in total. The Labute approximate surface area is 65.9 Å². The molecule has 0 amide bonds. The molecule has 10 heavy (non-hydrogen) atoms. The number of hydrogen-bond acceptors (Lipinski definition) is 1. The van der Waals surface area contributed by atoms with Crippen molar-refractivity contribution < 1.29 is 4.74 Å². The van der Waals surface area contributed by atoms with E-state index in [0.29, 0.717) is 0 Å². The van der Waals surface area contributed by atoms with Crippen LogP contribution in [0.4, 0.5) is 0 Å². The highest BCUT2D eigenvalue weighted by Gasteiger charge is 2.27. The fraction of sp³-hybridized carbons (Fsp3) is 0.750. The van der Waals surface area contributed by atoms with Gasteiger partial charge in [-0.3, -0.25) is 0 Å². The molecule has 1 aliphatic rings. The average Bonchev–Trinajstić information content (AvgIpc) is 1.89. The summed E-state index contributed by atoms with van der Waals surface area (Å²) in [5, 5.41) is 0.0122. The van der Waals surface area contributed by atoms with Crippen LogP contribution < -0.4 is 0 Å². The monoisotopic (exact) mass is 155 g/mol. The van der Waals surface area contributed by atoms with Gasteiger partial charge in [0, 0.05) is 16.8 Å². The summed E-state index contributed by atoms with van der Waals surface area (Å²) in [4.78, 5) is 0. The molecule has 0 N–H and O–H groups in total. The zero-order chi connectivity index (χ0) is 7.61. The van der Waals surface area contributed by atoms with Gasteiger partial charge in [0.2, 0.25) is 0 Å². The van der Waals surface area contributed by atoms with Crippen LogP contribution in [-0.4, -0.2) is 22.1 Å². The van der Waals surface area contributed by atoms with E-state index in [4.69, 9.17) is 11.3 Å². The summed E-state index contributed by atoms with van der Waals surface area (Å²) in [5.41, 5.74) is 0.971. The minimum Gasteiger partial charge on any atom is -0.375 e. The SMILES string of the molecule is [CH]=C(C)C1([SiH3])CCCCO1. The molecule has 1 atom stereocenters. The second kappa shape index (κ2) is 2.89. The smallest absolute Gasteiger partial charge is 0.0684 e. The maximum absolute atomic E-state index is 5.73. The van der Waals surface area contributed by atoms with Crippen molar-refractivity contribution in [1.82, 2.24) is 0 Å². The molecule has 57 valence electrons. The fourth-order valence-electron chi connectivity index (χ4n) is 1.24. The number of rotatable bonds is 1. The van der Waals surface area contributed by atoms with E-state index in [9.17, 15) is 0 Å². The van der Waals surface area contributed by atoms with Crippen molar-refractivity contribution >= 4 is 10.2 Å². The predicted molar refractivity (Wildman–Crippen MR) is 46.0 cm³/mol. The predicted octanol–water partition coefficient (Wildman–Crippen LogP) is 0.628. The van der Waals surface area contributed by atoms with Crippen LogP contribution in [0.1, 0.15) is 26.2 Å². The van der Waals surface area contributed by atoms with Gasteiger partial charge in [-0.1, -0.05) is 6.58 Å². The minimum absolute atomic E-state index is 0.0122. The molecule has 0 aromatic carbocycles. The second-order valence-corrected chi connectivity index (χ2v) is 4.83. The summed E-state index contributed by atoms with van der Waals surface area (Å²) in [6.45, 7) is 8.60. The first-order valence-electron chi connectivity index (χ1n) is 3.89. The van der Waals surface area contributed by atoms with Gasteiger partial charge in [-0.05, 0) is 31.8 Å². The Kier molecular flexibility index (Phi) is 2.31. The quantitative estimate of drug-likeness (QED) is 0.505. The van der Waals surface area contributed by atoms with Crippen LogP contribution in [-0.2, 0) is 4.74 Å². The van der Waals surface area contributed by atoms with Crippen molar-refractivity contribution in [3.05, 3.63) is 12.2 Å². The van der Waals surface area contributed by atoms with E-state index in [0.717, 1.165) is 28.8 Å². The number of hydrogen-bond donors (Lipinski definition) is 0. The van der Waals surface area contributed by atoms with Gasteiger partial charge < -0.3 is 4.74 Å². The van der Waals surface area contributed by atoms with Gasteiger partial charge in [0.1, 0.15) is 0 Å². The molecule has 0 aliphatic carbocycles. The molecule has 2 heteroatoms. The van der Waals surface area contributed by atoms with Crippen molar-refractivity contribution in [1.29, 1.82) is 0 Å². The molecule has 1 saturated heterocycles. The van der Waals surface area contributed by atoms with Crippen LogP contribution in [0.5, 0.6) is 0 Å². The number of ether oxygens (including phenoxy) is 1. The largest absolute Gasteiger partial charge is 0.375 e. The molecule has 0 saturated carbocycles. The lowest BCUT2D eigenvalue weighted by Crippen LogP contribution is -2.37. The molecule has 1 fully saturated rings. The zero-order valence-electron chi connectivity index (χ0n) is 6.81. The highest BCUT2D eigenvalue weighted by atomic mass is 28.1. The lowest BCUT2D eigenvalue weighted by atomic mass is 10.0. The maximum atomic E-state index is 5.73. The van der Waals surface area contributed by atoms with E-state index in [1.165, 1.54) is 12.8 Å². The third-order valence-corrected chi connectivity index (χ3v) is 3.88. The molecule has 0 bridgehead atoms. The lowest BCUT2D eigenvalue weighted by Gasteiger charge is -2.34. The van der Waals surface area contributed by atoms with E-state index in [1.807, 2.05) is 6.92 Å². The summed E-state index contributed by atoms with van der Waals surface area (Å²) in [5.74, 6) is 0. The standard InChI is InChI=1S/C8H15OSi/c1-7(2)8(10)5-3-4-6-9-8/h1H,3-6H2,2,10H3. The molecule has 0 spiro atoms. The van der Waals surface area contributed by atoms with Crippen LogP contribution in [0.2, 0.25) is 0 Å². The Bertz CT molecular complexity index is 136. The molecule has 1 unspecified atom stereocenters. The maximum Gasteiger partial charge on any atom is 0.0684 e. The molecule has 0 aromatic rings. The molecular weight excluding hydrogens is 140 g/mol. The van der Waals surface area contributed by atoms with Crippen LogP contribution in [0.3, 0.4) is 0 Å². The lowest BCUT2D eigenvalue weighted by molar-refractivity contribution is 0.00763. The van der Waals surface area contributed by atoms with Crippen LogP contribution in [0.25, 0.3) is 0 Å². The van der Waals surface area contributed by atoms with Crippen LogP contribution >= 0.6 is 0 Å². The van der Waals surface area contributed by atoms with E-state index in [-0.39, 0.29) is 5.22 Å². The van der Waals surface area contributed by atoms with Gasteiger partial charge in [0.15, 0.2) is 0 Å². The summed E-state index contributed by atoms with van der Waals surface area (Å²) < 4.78 is 5.63. The Hall–Kier alpha value is -0.0831. The fourth-order valence-corrected chi connectivity index (χ4v) is 1.80. The van der Waals surface area contributed by atoms with Crippen LogP contribution in [0, 0.1) is 6.58 Å². The van der Waals surface area contributed by atoms with Gasteiger partial charge in [-0.15, -0.1) is 0 Å². The second-order valence-electron chi connectivity index (χ2n) is 3.22. The third kappa shape index (κ3) is 1.50. The van der Waals surface area contributed by atoms with E-state index in [2.05, 4.69) is 0 Å². The normalized spacial score (nSPS) is 34.1. The highest BCUT2D eigenvalue weighted by molar-refractivity contribution is 6.16. The van der Waals surface area contributed by atoms with Crippen LogP contribution in [0.15, 0.2) is 5.57 Å². The van der Waals surface area contributed by atoms with Gasteiger partial charge in [-0.25, -0.2) is 0 Å². The summed E-state index contributed by atoms with van der Waals surface area (Å²) >= 11 is 0.